The molecular formula is C17H24ClN3. The third-order valence-corrected chi connectivity index (χ3v) is 4.76. The molecule has 0 aliphatic carbocycles. The Morgan fingerprint density at radius 2 is 2.05 bits per heavy atom. The maximum absolute atomic E-state index is 6.37. The topological polar surface area (TPSA) is 21.1 Å². The number of nitrogens with zero attached hydrogens (tertiary/aromatic N) is 3. The van der Waals surface area contributed by atoms with Crippen molar-refractivity contribution in [2.75, 3.05) is 20.1 Å². The summed E-state index contributed by atoms with van der Waals surface area (Å²) in [5.74, 6) is 1.74. The number of piperidine rings is 1. The van der Waals surface area contributed by atoms with Crippen LogP contribution in [0.1, 0.15) is 36.5 Å². The predicted octanol–water partition coefficient (Wildman–Crippen LogP) is 3.99. The molecule has 1 atom stereocenters. The summed E-state index contributed by atoms with van der Waals surface area (Å²) < 4.78 is 2.36. The van der Waals surface area contributed by atoms with Gasteiger partial charge >= 0.3 is 0 Å². The fourth-order valence-electron chi connectivity index (χ4n) is 3.25. The largest absolute Gasteiger partial charge is 0.326 e. The van der Waals surface area contributed by atoms with Gasteiger partial charge in [-0.2, -0.15) is 0 Å². The number of alkyl halides is 1. The van der Waals surface area contributed by atoms with E-state index in [1.807, 2.05) is 6.92 Å². The number of imidazole rings is 1. The SMILES string of the molecule is Cc1ccc2nc(C(C)Cl)n(CC3CCN(C)CC3)c2c1. The number of likely N-dealkylation sites (tertiary alicyclic amines) is 1. The van der Waals surface area contributed by atoms with Crippen LogP contribution in [0.4, 0.5) is 0 Å². The first-order valence-electron chi connectivity index (χ1n) is 7.84. The summed E-state index contributed by atoms with van der Waals surface area (Å²) in [6, 6.07) is 6.47. The van der Waals surface area contributed by atoms with Gasteiger partial charge in [-0.05, 0) is 70.4 Å². The molecule has 1 fully saturated rings. The summed E-state index contributed by atoms with van der Waals surface area (Å²) in [7, 11) is 2.21. The van der Waals surface area contributed by atoms with Crippen molar-refractivity contribution in [3.8, 4) is 0 Å². The zero-order chi connectivity index (χ0) is 15.0. The molecule has 0 amide bonds. The molecule has 0 radical (unpaired) electrons. The second kappa shape index (κ2) is 5.98. The minimum Gasteiger partial charge on any atom is -0.326 e. The van der Waals surface area contributed by atoms with Crippen molar-refractivity contribution in [3.63, 3.8) is 0 Å². The van der Waals surface area contributed by atoms with E-state index in [2.05, 4.69) is 41.6 Å². The van der Waals surface area contributed by atoms with Crippen molar-refractivity contribution in [2.45, 2.75) is 38.6 Å². The van der Waals surface area contributed by atoms with Crippen LogP contribution in [0.15, 0.2) is 18.2 Å². The van der Waals surface area contributed by atoms with Crippen LogP contribution in [0.2, 0.25) is 0 Å². The molecule has 3 nitrogen and oxygen atoms in total. The van der Waals surface area contributed by atoms with E-state index >= 15 is 0 Å². The maximum Gasteiger partial charge on any atom is 0.127 e. The van der Waals surface area contributed by atoms with Crippen LogP contribution in [0.5, 0.6) is 0 Å². The lowest BCUT2D eigenvalue weighted by atomic mass is 9.97. The number of hydrogen-bond acceptors (Lipinski definition) is 2. The van der Waals surface area contributed by atoms with E-state index in [1.165, 1.54) is 37.0 Å². The predicted molar refractivity (Wildman–Crippen MR) is 89.0 cm³/mol. The van der Waals surface area contributed by atoms with Gasteiger partial charge in [0.1, 0.15) is 5.82 Å². The van der Waals surface area contributed by atoms with Gasteiger partial charge in [-0.15, -0.1) is 11.6 Å². The van der Waals surface area contributed by atoms with Crippen LogP contribution in [0.3, 0.4) is 0 Å². The Labute approximate surface area is 131 Å². The van der Waals surface area contributed by atoms with E-state index in [9.17, 15) is 0 Å². The van der Waals surface area contributed by atoms with Crippen LogP contribution in [-0.2, 0) is 6.54 Å². The summed E-state index contributed by atoms with van der Waals surface area (Å²) in [5.41, 5.74) is 3.58. The molecule has 0 bridgehead atoms. The molecule has 1 unspecified atom stereocenters. The highest BCUT2D eigenvalue weighted by Gasteiger charge is 2.21. The van der Waals surface area contributed by atoms with E-state index in [1.54, 1.807) is 0 Å². The molecule has 21 heavy (non-hydrogen) atoms. The van der Waals surface area contributed by atoms with Crippen LogP contribution in [0, 0.1) is 12.8 Å². The van der Waals surface area contributed by atoms with Crippen molar-refractivity contribution in [2.24, 2.45) is 5.92 Å². The Bertz CT molecular complexity index is 624. The Morgan fingerprint density at radius 1 is 1.33 bits per heavy atom. The molecule has 0 N–H and O–H groups in total. The number of halogens is 1. The van der Waals surface area contributed by atoms with E-state index in [4.69, 9.17) is 16.6 Å². The van der Waals surface area contributed by atoms with Crippen molar-refractivity contribution in [1.29, 1.82) is 0 Å². The summed E-state index contributed by atoms with van der Waals surface area (Å²) >= 11 is 6.37. The lowest BCUT2D eigenvalue weighted by molar-refractivity contribution is 0.205. The van der Waals surface area contributed by atoms with E-state index in [0.717, 1.165) is 23.8 Å². The van der Waals surface area contributed by atoms with Gasteiger partial charge < -0.3 is 9.47 Å². The molecule has 1 aliphatic heterocycles. The maximum atomic E-state index is 6.37. The van der Waals surface area contributed by atoms with E-state index in [-0.39, 0.29) is 5.38 Å². The third-order valence-electron chi connectivity index (χ3n) is 4.57. The smallest absolute Gasteiger partial charge is 0.127 e. The number of hydrogen-bond donors (Lipinski definition) is 0. The monoisotopic (exact) mass is 305 g/mol. The van der Waals surface area contributed by atoms with Crippen molar-refractivity contribution < 1.29 is 0 Å². The fourth-order valence-corrected chi connectivity index (χ4v) is 3.42. The molecule has 0 saturated carbocycles. The van der Waals surface area contributed by atoms with Gasteiger partial charge in [-0.3, -0.25) is 0 Å². The Morgan fingerprint density at radius 3 is 2.71 bits per heavy atom. The first-order chi connectivity index (χ1) is 10.0. The standard InChI is InChI=1S/C17H24ClN3/c1-12-4-5-15-16(10-12)21(17(19-15)13(2)18)11-14-6-8-20(3)9-7-14/h4-5,10,13-14H,6-9,11H2,1-3H3. The minimum absolute atomic E-state index is 0.0519. The first-order valence-corrected chi connectivity index (χ1v) is 8.27. The van der Waals surface area contributed by atoms with Gasteiger partial charge in [0.2, 0.25) is 0 Å². The summed E-state index contributed by atoms with van der Waals surface area (Å²) in [5, 5.41) is -0.0519. The van der Waals surface area contributed by atoms with Gasteiger partial charge in [0.25, 0.3) is 0 Å². The number of fused-ring (bicyclic) bond motifs is 1. The summed E-state index contributed by atoms with van der Waals surface area (Å²) in [6.07, 6.45) is 2.52. The number of aromatic nitrogens is 2. The molecule has 2 heterocycles. The average molecular weight is 306 g/mol. The average Bonchev–Trinajstić information content (AvgIpc) is 2.80. The van der Waals surface area contributed by atoms with Gasteiger partial charge in [0, 0.05) is 6.54 Å². The van der Waals surface area contributed by atoms with Gasteiger partial charge in [0.05, 0.1) is 16.4 Å². The van der Waals surface area contributed by atoms with E-state index in [0.29, 0.717) is 0 Å². The van der Waals surface area contributed by atoms with Crippen LogP contribution in [0.25, 0.3) is 11.0 Å². The second-order valence-electron chi connectivity index (χ2n) is 6.44. The Kier molecular flexibility index (Phi) is 4.23. The van der Waals surface area contributed by atoms with Gasteiger partial charge in [-0.1, -0.05) is 6.07 Å². The van der Waals surface area contributed by atoms with Crippen molar-refractivity contribution in [1.82, 2.24) is 14.5 Å². The molecular weight excluding hydrogens is 282 g/mol. The zero-order valence-electron chi connectivity index (χ0n) is 13.1. The first kappa shape index (κ1) is 14.9. The zero-order valence-corrected chi connectivity index (χ0v) is 13.9. The molecule has 1 saturated heterocycles. The second-order valence-corrected chi connectivity index (χ2v) is 7.09. The molecule has 3 rings (SSSR count). The summed E-state index contributed by atoms with van der Waals surface area (Å²) in [6.45, 7) is 7.58. The van der Waals surface area contributed by atoms with E-state index < -0.39 is 0 Å². The minimum atomic E-state index is -0.0519. The molecule has 1 aliphatic rings. The fraction of sp³-hybridized carbons (Fsp3) is 0.588. The third kappa shape index (κ3) is 3.09. The molecule has 0 spiro atoms. The van der Waals surface area contributed by atoms with Crippen molar-refractivity contribution >= 4 is 22.6 Å². The van der Waals surface area contributed by atoms with Crippen molar-refractivity contribution in [3.05, 3.63) is 29.6 Å². The summed E-state index contributed by atoms with van der Waals surface area (Å²) in [4.78, 5) is 7.17. The Balaban J connectivity index is 1.95. The lowest BCUT2D eigenvalue weighted by Crippen LogP contribution is -2.32. The number of rotatable bonds is 3. The highest BCUT2D eigenvalue weighted by molar-refractivity contribution is 6.20. The molecule has 114 valence electrons. The van der Waals surface area contributed by atoms with Crippen LogP contribution < -0.4 is 0 Å². The number of aryl methyl sites for hydroxylation is 1. The lowest BCUT2D eigenvalue weighted by Gasteiger charge is -2.29. The molecule has 1 aromatic carbocycles. The highest BCUT2D eigenvalue weighted by atomic mass is 35.5. The normalized spacial score (nSPS) is 19.2. The van der Waals surface area contributed by atoms with Gasteiger partial charge in [-0.25, -0.2) is 4.98 Å². The Hall–Kier alpha value is -1.06. The molecule has 4 heteroatoms. The number of benzene rings is 1. The van der Waals surface area contributed by atoms with Gasteiger partial charge in [0.15, 0.2) is 0 Å². The van der Waals surface area contributed by atoms with Crippen LogP contribution in [-0.4, -0.2) is 34.6 Å². The molecule has 1 aromatic heterocycles. The molecule has 2 aromatic rings. The quantitative estimate of drug-likeness (QED) is 0.800. The highest BCUT2D eigenvalue weighted by Crippen LogP contribution is 2.28. The van der Waals surface area contributed by atoms with Crippen LogP contribution >= 0.6 is 11.6 Å².